The van der Waals surface area contributed by atoms with Crippen LogP contribution in [0.5, 0.6) is 0 Å². The summed E-state index contributed by atoms with van der Waals surface area (Å²) in [5.41, 5.74) is 0. The molecule has 0 aromatic carbocycles. The molecule has 0 fully saturated rings. The number of halogens is 10. The van der Waals surface area contributed by atoms with Gasteiger partial charge in [0.2, 0.25) is 0 Å². The van der Waals surface area contributed by atoms with E-state index in [0.717, 1.165) is 38.5 Å². The van der Waals surface area contributed by atoms with Crippen molar-refractivity contribution in [1.82, 2.24) is 0 Å². The highest BCUT2D eigenvalue weighted by molar-refractivity contribution is 7.95. The van der Waals surface area contributed by atoms with Gasteiger partial charge in [-0.3, -0.25) is 14.0 Å². The van der Waals surface area contributed by atoms with Crippen LogP contribution in [-0.2, 0) is 28.4 Å². The summed E-state index contributed by atoms with van der Waals surface area (Å²) in [6.45, 7) is -0.589. The summed E-state index contributed by atoms with van der Waals surface area (Å²) in [5.74, 6) is -21.0. The van der Waals surface area contributed by atoms with Gasteiger partial charge in [0.25, 0.3) is 0 Å². The Labute approximate surface area is 241 Å². The average Bonchev–Trinajstić information content (AvgIpc) is 2.90. The van der Waals surface area contributed by atoms with Crippen LogP contribution in [0.3, 0.4) is 0 Å². The summed E-state index contributed by atoms with van der Waals surface area (Å²) < 4.78 is 142. The molecule has 0 aromatic heterocycles. The van der Waals surface area contributed by atoms with Crippen molar-refractivity contribution < 1.29 is 77.6 Å². The number of carbonyl (C=O) groups excluding carboxylic acids is 2. The predicted octanol–water partition coefficient (Wildman–Crippen LogP) is 8.41. The quantitative estimate of drug-likeness (QED) is 0.0261. The van der Waals surface area contributed by atoms with Gasteiger partial charge in [-0.05, 0) is 25.7 Å². The summed E-state index contributed by atoms with van der Waals surface area (Å²) in [7, 11) is 0. The third kappa shape index (κ3) is 14.8. The van der Waals surface area contributed by atoms with Crippen LogP contribution < -0.4 is 0 Å². The first-order valence-corrected chi connectivity index (χ1v) is 14.1. The van der Waals surface area contributed by atoms with Gasteiger partial charge in [-0.15, -0.1) is 4.33 Å². The molecule has 0 saturated heterocycles. The predicted molar refractivity (Wildman–Crippen MR) is 130 cm³/mol. The van der Waals surface area contributed by atoms with Crippen molar-refractivity contribution in [1.29, 1.82) is 0 Å². The zero-order chi connectivity index (χ0) is 32.3. The highest BCUT2D eigenvalue weighted by Gasteiger charge is 2.81. The maximum Gasteiger partial charge on any atom is 0.460 e. The number of ether oxygens (including phenoxy) is 2. The summed E-state index contributed by atoms with van der Waals surface area (Å²) in [4.78, 5) is 24.2. The highest BCUT2D eigenvalue weighted by Crippen LogP contribution is 2.54. The molecule has 18 heteroatoms. The van der Waals surface area contributed by atoms with Crippen LogP contribution in [0.4, 0.5) is 43.9 Å². The lowest BCUT2D eigenvalue weighted by atomic mass is 9.98. The Morgan fingerprint density at radius 3 is 1.64 bits per heavy atom. The Morgan fingerprint density at radius 1 is 0.667 bits per heavy atom. The van der Waals surface area contributed by atoms with Gasteiger partial charge in [-0.25, -0.2) is 5.26 Å². The van der Waals surface area contributed by atoms with E-state index in [1.807, 2.05) is 0 Å². The fraction of sp³-hybridized carbons (Fsp3) is 0.917. The minimum absolute atomic E-state index is 0.000766. The fourth-order valence-corrected chi connectivity index (χ4v) is 3.99. The fourth-order valence-electron chi connectivity index (χ4n) is 3.51. The van der Waals surface area contributed by atoms with Crippen molar-refractivity contribution >= 4 is 24.0 Å². The molecule has 1 N–H and O–H groups in total. The van der Waals surface area contributed by atoms with Crippen LogP contribution in [0.25, 0.3) is 0 Å². The minimum Gasteiger partial charge on any atom is -0.466 e. The van der Waals surface area contributed by atoms with Gasteiger partial charge >= 0.3 is 35.9 Å². The molecule has 0 aromatic rings. The number of hydrogen-bond acceptors (Lipinski definition) is 8. The van der Waals surface area contributed by atoms with E-state index in [4.69, 9.17) is 14.7 Å². The van der Waals surface area contributed by atoms with Crippen molar-refractivity contribution in [3.63, 3.8) is 0 Å². The van der Waals surface area contributed by atoms with Crippen LogP contribution >= 0.6 is 12.0 Å². The van der Waals surface area contributed by atoms with Gasteiger partial charge in [-0.1, -0.05) is 56.4 Å². The first kappa shape index (κ1) is 40.5. The summed E-state index contributed by atoms with van der Waals surface area (Å²) in [6.07, 6.45) is -4.02. The Hall–Kier alpha value is -1.53. The van der Waals surface area contributed by atoms with E-state index in [1.54, 1.807) is 0 Å². The number of alkyl halides is 10. The first-order chi connectivity index (χ1) is 19.5. The van der Waals surface area contributed by atoms with E-state index < -0.39 is 60.4 Å². The molecule has 0 heterocycles. The topological polar surface area (TPSA) is 91.3 Å². The molecule has 0 aliphatic carbocycles. The van der Waals surface area contributed by atoms with Crippen molar-refractivity contribution in [2.45, 2.75) is 119 Å². The average molecular weight is 659 g/mol. The normalized spacial score (nSPS) is 13.7. The van der Waals surface area contributed by atoms with Crippen LogP contribution in [0, 0.1) is 0 Å². The second-order valence-electron chi connectivity index (χ2n) is 9.35. The Kier molecular flexibility index (Phi) is 19.7. The van der Waals surface area contributed by atoms with Gasteiger partial charge in [0.05, 0.1) is 38.4 Å². The third-order valence-corrected chi connectivity index (χ3v) is 6.66. The van der Waals surface area contributed by atoms with E-state index in [2.05, 4.69) is 9.37 Å². The Balaban J connectivity index is 4.31. The van der Waals surface area contributed by atoms with Crippen molar-refractivity contribution in [3.8, 4) is 0 Å². The van der Waals surface area contributed by atoms with Gasteiger partial charge in [0.1, 0.15) is 5.25 Å². The molecule has 0 saturated carbocycles. The van der Waals surface area contributed by atoms with Gasteiger partial charge < -0.3 is 9.47 Å². The second-order valence-corrected chi connectivity index (χ2v) is 10.2. The number of unbranched alkanes of at least 4 members (excludes halogenated alkanes) is 10. The lowest BCUT2D eigenvalue weighted by Gasteiger charge is -2.33. The molecule has 1 atom stereocenters. The summed E-state index contributed by atoms with van der Waals surface area (Å²) in [5, 5.41) is 10.4. The molecule has 0 aliphatic heterocycles. The number of hydrogen-bond donors (Lipinski definition) is 1. The van der Waals surface area contributed by atoms with Crippen LogP contribution in [-0.4, -0.2) is 66.3 Å². The first-order valence-electron chi connectivity index (χ1n) is 13.3. The molecule has 7 nitrogen and oxygen atoms in total. The Morgan fingerprint density at radius 2 is 1.14 bits per heavy atom. The molecule has 0 rings (SSSR count). The molecular weight excluding hydrogens is 622 g/mol. The van der Waals surface area contributed by atoms with Gasteiger partial charge in [0.15, 0.2) is 0 Å². The molecule has 0 radical (unpaired) electrons. The zero-order valence-corrected chi connectivity index (χ0v) is 23.5. The van der Waals surface area contributed by atoms with Gasteiger partial charge in [-0.2, -0.15) is 39.5 Å². The van der Waals surface area contributed by atoms with Crippen LogP contribution in [0.15, 0.2) is 0 Å². The monoisotopic (exact) mass is 658 g/mol. The van der Waals surface area contributed by atoms with E-state index in [1.165, 1.54) is 0 Å². The Bertz CT molecular complexity index is 758. The van der Waals surface area contributed by atoms with E-state index in [9.17, 15) is 53.5 Å². The summed E-state index contributed by atoms with van der Waals surface area (Å²) in [6, 6.07) is 0. The van der Waals surface area contributed by atoms with E-state index in [-0.39, 0.29) is 51.2 Å². The maximum atomic E-state index is 13.5. The molecule has 0 aliphatic rings. The van der Waals surface area contributed by atoms with Gasteiger partial charge in [0, 0.05) is 6.42 Å². The number of rotatable bonds is 25. The minimum atomic E-state index is -6.92. The molecule has 0 bridgehead atoms. The van der Waals surface area contributed by atoms with Crippen LogP contribution in [0.2, 0.25) is 0 Å². The standard InChI is InChI=1S/C24H36F10O7S/c25-14-10-6-3-1-2-4-7-12-16-39-20(36)18(42-41-40-37)17-19(35)38-15-11-8-5-9-13-21(26,27)22(28,29)23(30,31)24(32,33)34/h18,37H,1-17H2. The third-order valence-electron chi connectivity index (χ3n) is 5.93. The largest absolute Gasteiger partial charge is 0.466 e. The SMILES string of the molecule is O=C(CC(SOOO)C(=O)OCCCCCCCCCCF)OCCCCCCC(F)(F)C(F)(F)C(F)(F)C(F)(F)F. The lowest BCUT2D eigenvalue weighted by molar-refractivity contribution is -0.432. The van der Waals surface area contributed by atoms with E-state index in [0.29, 0.717) is 12.8 Å². The second kappa shape index (κ2) is 20.4. The smallest absolute Gasteiger partial charge is 0.460 e. The maximum absolute atomic E-state index is 13.5. The number of esters is 2. The molecule has 0 spiro atoms. The molecule has 0 amide bonds. The highest BCUT2D eigenvalue weighted by atomic mass is 32.2. The van der Waals surface area contributed by atoms with Crippen molar-refractivity contribution in [3.05, 3.63) is 0 Å². The zero-order valence-electron chi connectivity index (χ0n) is 22.7. The van der Waals surface area contributed by atoms with Crippen molar-refractivity contribution in [2.24, 2.45) is 0 Å². The van der Waals surface area contributed by atoms with Crippen molar-refractivity contribution in [2.75, 3.05) is 19.9 Å². The number of carbonyl (C=O) groups is 2. The molecule has 42 heavy (non-hydrogen) atoms. The summed E-state index contributed by atoms with van der Waals surface area (Å²) >= 11 is 0.267. The van der Waals surface area contributed by atoms with E-state index >= 15 is 0 Å². The van der Waals surface area contributed by atoms with Crippen LogP contribution in [0.1, 0.15) is 89.9 Å². The molecule has 250 valence electrons. The molecule has 1 unspecified atom stereocenters. The lowest BCUT2D eigenvalue weighted by Crippen LogP contribution is -2.60. The molecular formula is C24H36F10O7S.